The quantitative estimate of drug-likeness (QED) is 0.721. The zero-order valence-electron chi connectivity index (χ0n) is 12.1. The molecule has 1 aliphatic carbocycles. The van der Waals surface area contributed by atoms with Crippen LogP contribution >= 0.6 is 0 Å². The van der Waals surface area contributed by atoms with E-state index in [-0.39, 0.29) is 6.10 Å². The fraction of sp³-hybridized carbons (Fsp3) is 0.529. The molecule has 1 N–H and O–H groups in total. The van der Waals surface area contributed by atoms with Gasteiger partial charge < -0.3 is 10.1 Å². The molecule has 0 spiro atoms. The Kier molecular flexibility index (Phi) is 5.03. The molecule has 0 radical (unpaired) electrons. The van der Waals surface area contributed by atoms with Crippen LogP contribution < -0.4 is 10.1 Å². The first kappa shape index (κ1) is 14.1. The second-order valence-electron chi connectivity index (χ2n) is 5.68. The van der Waals surface area contributed by atoms with E-state index < -0.39 is 0 Å². The van der Waals surface area contributed by atoms with Crippen LogP contribution in [-0.2, 0) is 6.42 Å². The highest BCUT2D eigenvalue weighted by molar-refractivity contribution is 5.34. The Labute approximate surface area is 116 Å². The van der Waals surface area contributed by atoms with Crippen LogP contribution in [0.4, 0.5) is 0 Å². The lowest BCUT2D eigenvalue weighted by Gasteiger charge is -2.24. The van der Waals surface area contributed by atoms with Gasteiger partial charge in [0, 0.05) is 12.6 Å². The molecule has 2 rings (SSSR count). The minimum atomic E-state index is 0.228. The number of benzene rings is 1. The first-order valence-corrected chi connectivity index (χ1v) is 7.29. The second kappa shape index (κ2) is 6.76. The van der Waals surface area contributed by atoms with Crippen LogP contribution in [0, 0.1) is 5.92 Å². The van der Waals surface area contributed by atoms with Gasteiger partial charge in [-0.2, -0.15) is 0 Å². The maximum absolute atomic E-state index is 6.23. The molecule has 2 nitrogen and oxygen atoms in total. The van der Waals surface area contributed by atoms with Gasteiger partial charge in [0.2, 0.25) is 0 Å². The molecule has 1 aliphatic rings. The molecule has 0 amide bonds. The Balaban J connectivity index is 2.00. The Hall–Kier alpha value is -1.28. The SMILES string of the molecule is C=CCc1ccccc1OC(CNC1CC1)C(C)C. The number of hydrogen-bond acceptors (Lipinski definition) is 2. The second-order valence-corrected chi connectivity index (χ2v) is 5.68. The molecule has 19 heavy (non-hydrogen) atoms. The van der Waals surface area contributed by atoms with Crippen molar-refractivity contribution in [1.29, 1.82) is 0 Å². The summed E-state index contributed by atoms with van der Waals surface area (Å²) in [6.45, 7) is 9.18. The Morgan fingerprint density at radius 2 is 2.11 bits per heavy atom. The van der Waals surface area contributed by atoms with E-state index in [1.54, 1.807) is 0 Å². The smallest absolute Gasteiger partial charge is 0.123 e. The fourth-order valence-electron chi connectivity index (χ4n) is 2.09. The predicted molar refractivity (Wildman–Crippen MR) is 80.6 cm³/mol. The van der Waals surface area contributed by atoms with Crippen molar-refractivity contribution in [2.24, 2.45) is 5.92 Å². The summed E-state index contributed by atoms with van der Waals surface area (Å²) in [5.41, 5.74) is 1.22. The summed E-state index contributed by atoms with van der Waals surface area (Å²) in [6.07, 6.45) is 5.65. The highest BCUT2D eigenvalue weighted by Crippen LogP contribution is 2.23. The maximum atomic E-state index is 6.23. The maximum Gasteiger partial charge on any atom is 0.123 e. The summed E-state index contributed by atoms with van der Waals surface area (Å²) < 4.78 is 6.23. The van der Waals surface area contributed by atoms with Gasteiger partial charge in [0.05, 0.1) is 0 Å². The lowest BCUT2D eigenvalue weighted by molar-refractivity contribution is 0.147. The van der Waals surface area contributed by atoms with Crippen molar-refractivity contribution in [3.05, 3.63) is 42.5 Å². The molecular formula is C17H25NO. The molecule has 1 saturated carbocycles. The van der Waals surface area contributed by atoms with E-state index in [9.17, 15) is 0 Å². The number of allylic oxidation sites excluding steroid dienone is 1. The van der Waals surface area contributed by atoms with Crippen molar-refractivity contribution >= 4 is 0 Å². The minimum absolute atomic E-state index is 0.228. The summed E-state index contributed by atoms with van der Waals surface area (Å²) in [6, 6.07) is 8.99. The Bertz CT molecular complexity index is 409. The molecule has 1 fully saturated rings. The normalized spacial score (nSPS) is 16.4. The van der Waals surface area contributed by atoms with Crippen molar-refractivity contribution in [1.82, 2.24) is 5.32 Å². The number of hydrogen-bond donors (Lipinski definition) is 1. The van der Waals surface area contributed by atoms with Crippen molar-refractivity contribution in [2.45, 2.75) is 45.3 Å². The molecule has 0 bridgehead atoms. The molecule has 104 valence electrons. The van der Waals surface area contributed by atoms with Crippen LogP contribution in [0.5, 0.6) is 5.75 Å². The highest BCUT2D eigenvalue weighted by Gasteiger charge is 2.24. The number of nitrogens with one attached hydrogen (secondary N) is 1. The molecule has 2 heteroatoms. The van der Waals surface area contributed by atoms with E-state index in [4.69, 9.17) is 4.74 Å². The number of rotatable bonds is 8. The van der Waals surface area contributed by atoms with Crippen molar-refractivity contribution in [2.75, 3.05) is 6.54 Å². The third-order valence-electron chi connectivity index (χ3n) is 3.54. The van der Waals surface area contributed by atoms with Gasteiger partial charge in [-0.25, -0.2) is 0 Å². The zero-order valence-corrected chi connectivity index (χ0v) is 12.1. The lowest BCUT2D eigenvalue weighted by Crippen LogP contribution is -2.36. The number of ether oxygens (including phenoxy) is 1. The van der Waals surface area contributed by atoms with Gasteiger partial charge in [-0.3, -0.25) is 0 Å². The largest absolute Gasteiger partial charge is 0.489 e. The summed E-state index contributed by atoms with van der Waals surface area (Å²) >= 11 is 0. The highest BCUT2D eigenvalue weighted by atomic mass is 16.5. The molecular weight excluding hydrogens is 234 g/mol. The van der Waals surface area contributed by atoms with Crippen molar-refractivity contribution in [3.63, 3.8) is 0 Å². The molecule has 1 unspecified atom stereocenters. The summed E-state index contributed by atoms with van der Waals surface area (Å²) in [4.78, 5) is 0. The van der Waals surface area contributed by atoms with E-state index in [0.717, 1.165) is 24.8 Å². The fourth-order valence-corrected chi connectivity index (χ4v) is 2.09. The molecule has 1 atom stereocenters. The Morgan fingerprint density at radius 1 is 1.37 bits per heavy atom. The van der Waals surface area contributed by atoms with E-state index in [2.05, 4.69) is 43.9 Å². The van der Waals surface area contributed by atoms with Gasteiger partial charge in [0.15, 0.2) is 0 Å². The molecule has 1 aromatic carbocycles. The predicted octanol–water partition coefficient (Wildman–Crippen LogP) is 3.57. The molecule has 1 aromatic rings. The van der Waals surface area contributed by atoms with Gasteiger partial charge in [0.25, 0.3) is 0 Å². The minimum Gasteiger partial charge on any atom is -0.489 e. The third kappa shape index (κ3) is 4.39. The molecule has 0 aliphatic heterocycles. The lowest BCUT2D eigenvalue weighted by atomic mass is 10.1. The van der Waals surface area contributed by atoms with Crippen LogP contribution in [0.2, 0.25) is 0 Å². The van der Waals surface area contributed by atoms with E-state index in [1.807, 2.05) is 12.1 Å². The summed E-state index contributed by atoms with van der Waals surface area (Å²) in [5, 5.41) is 3.56. The van der Waals surface area contributed by atoms with Crippen LogP contribution in [0.25, 0.3) is 0 Å². The summed E-state index contributed by atoms with van der Waals surface area (Å²) in [5.74, 6) is 1.50. The van der Waals surface area contributed by atoms with Crippen LogP contribution in [0.1, 0.15) is 32.3 Å². The zero-order chi connectivity index (χ0) is 13.7. The van der Waals surface area contributed by atoms with Gasteiger partial charge >= 0.3 is 0 Å². The van der Waals surface area contributed by atoms with Crippen LogP contribution in [0.3, 0.4) is 0 Å². The molecule has 0 heterocycles. The van der Waals surface area contributed by atoms with E-state index >= 15 is 0 Å². The molecule has 0 aromatic heterocycles. The van der Waals surface area contributed by atoms with Gasteiger partial charge in [0.1, 0.15) is 11.9 Å². The average Bonchev–Trinajstić information content (AvgIpc) is 3.20. The van der Waals surface area contributed by atoms with Gasteiger partial charge in [-0.15, -0.1) is 6.58 Å². The standard InChI is InChI=1S/C17H25NO/c1-4-7-14-8-5-6-9-16(14)19-17(13(2)3)12-18-15-10-11-15/h4-6,8-9,13,15,17-18H,1,7,10-12H2,2-3H3. The summed E-state index contributed by atoms with van der Waals surface area (Å²) in [7, 11) is 0. The Morgan fingerprint density at radius 3 is 2.74 bits per heavy atom. The first-order valence-electron chi connectivity index (χ1n) is 7.29. The van der Waals surface area contributed by atoms with Gasteiger partial charge in [-0.05, 0) is 36.8 Å². The molecule has 0 saturated heterocycles. The van der Waals surface area contributed by atoms with Crippen LogP contribution in [-0.4, -0.2) is 18.7 Å². The average molecular weight is 259 g/mol. The van der Waals surface area contributed by atoms with E-state index in [0.29, 0.717) is 5.92 Å². The van der Waals surface area contributed by atoms with Crippen molar-refractivity contribution < 1.29 is 4.74 Å². The van der Waals surface area contributed by atoms with Crippen LogP contribution in [0.15, 0.2) is 36.9 Å². The van der Waals surface area contributed by atoms with E-state index in [1.165, 1.54) is 18.4 Å². The topological polar surface area (TPSA) is 21.3 Å². The third-order valence-corrected chi connectivity index (χ3v) is 3.54. The monoisotopic (exact) mass is 259 g/mol. The first-order chi connectivity index (χ1) is 9.20. The van der Waals surface area contributed by atoms with Gasteiger partial charge in [-0.1, -0.05) is 38.1 Å². The van der Waals surface area contributed by atoms with Crippen molar-refractivity contribution in [3.8, 4) is 5.75 Å². The number of para-hydroxylation sites is 1.